The van der Waals surface area contributed by atoms with Gasteiger partial charge >= 0.3 is 6.18 Å². The lowest BCUT2D eigenvalue weighted by Gasteiger charge is -2.06. The van der Waals surface area contributed by atoms with E-state index in [1.807, 2.05) is 0 Å². The number of nitrogens with two attached hydrogens (primary N) is 1. The Morgan fingerprint density at radius 1 is 1.67 bits per heavy atom. The van der Waals surface area contributed by atoms with Crippen LogP contribution < -0.4 is 11.1 Å². The number of aromatic nitrogens is 2. The van der Waals surface area contributed by atoms with Crippen molar-refractivity contribution in [3.63, 3.8) is 0 Å². The van der Waals surface area contributed by atoms with Crippen molar-refractivity contribution in [2.24, 2.45) is 7.05 Å². The molecule has 1 aromatic rings. The lowest BCUT2D eigenvalue weighted by molar-refractivity contribution is -0.123. The zero-order valence-corrected chi connectivity index (χ0v) is 7.80. The van der Waals surface area contributed by atoms with Gasteiger partial charge in [-0.15, -0.1) is 0 Å². The average molecular weight is 222 g/mol. The number of anilines is 1. The summed E-state index contributed by atoms with van der Waals surface area (Å²) in [5, 5.41) is 5.31. The van der Waals surface area contributed by atoms with Crippen molar-refractivity contribution in [1.29, 1.82) is 0 Å². The van der Waals surface area contributed by atoms with Crippen LogP contribution in [0.3, 0.4) is 0 Å². The zero-order chi connectivity index (χ0) is 11.6. The Balaban J connectivity index is 2.62. The van der Waals surface area contributed by atoms with Gasteiger partial charge < -0.3 is 11.1 Å². The van der Waals surface area contributed by atoms with Crippen molar-refractivity contribution in [2.75, 3.05) is 12.3 Å². The third kappa shape index (κ3) is 3.15. The van der Waals surface area contributed by atoms with Crippen LogP contribution in [0, 0.1) is 0 Å². The number of nitrogens with zero attached hydrogens (tertiary/aromatic N) is 2. The summed E-state index contributed by atoms with van der Waals surface area (Å²) >= 11 is 0. The summed E-state index contributed by atoms with van der Waals surface area (Å²) in [7, 11) is 1.48. The molecular formula is C7H9F3N4O. The number of nitrogens with one attached hydrogen (secondary N) is 1. The predicted octanol–water partition coefficient (Wildman–Crippen LogP) is 0.294. The van der Waals surface area contributed by atoms with Gasteiger partial charge in [0.25, 0.3) is 5.91 Å². The summed E-state index contributed by atoms with van der Waals surface area (Å²) in [6.07, 6.45) is -4.43. The standard InChI is InChI=1S/C7H9F3N4O/c1-14-5(11)2-4(13-14)6(15)12-3-7(8,9)10/h2H,3,11H2,1H3,(H,12,15). The fourth-order valence-electron chi connectivity index (χ4n) is 0.864. The summed E-state index contributed by atoms with van der Waals surface area (Å²) in [5.41, 5.74) is 5.22. The lowest BCUT2D eigenvalue weighted by Crippen LogP contribution is -2.33. The van der Waals surface area contributed by atoms with Crippen LogP contribution in [0.15, 0.2) is 6.07 Å². The van der Waals surface area contributed by atoms with Crippen LogP contribution in [0.2, 0.25) is 0 Å². The highest BCUT2D eigenvalue weighted by Crippen LogP contribution is 2.12. The smallest absolute Gasteiger partial charge is 0.384 e. The number of amides is 1. The molecule has 0 fully saturated rings. The summed E-state index contributed by atoms with van der Waals surface area (Å²) < 4.78 is 36.5. The molecule has 1 heterocycles. The maximum Gasteiger partial charge on any atom is 0.405 e. The summed E-state index contributed by atoms with van der Waals surface area (Å²) in [5.74, 6) is -0.702. The predicted molar refractivity (Wildman–Crippen MR) is 46.0 cm³/mol. The first kappa shape index (κ1) is 11.3. The van der Waals surface area contributed by atoms with Gasteiger partial charge in [-0.3, -0.25) is 9.48 Å². The molecule has 15 heavy (non-hydrogen) atoms. The summed E-state index contributed by atoms with van der Waals surface area (Å²) in [4.78, 5) is 11.1. The molecule has 1 amide bonds. The van der Waals surface area contributed by atoms with E-state index in [1.165, 1.54) is 17.8 Å². The van der Waals surface area contributed by atoms with E-state index in [4.69, 9.17) is 5.73 Å². The number of aryl methyl sites for hydroxylation is 1. The van der Waals surface area contributed by atoms with Crippen molar-refractivity contribution in [3.8, 4) is 0 Å². The largest absolute Gasteiger partial charge is 0.405 e. The van der Waals surface area contributed by atoms with Gasteiger partial charge in [0.05, 0.1) is 0 Å². The van der Waals surface area contributed by atoms with Crippen molar-refractivity contribution in [1.82, 2.24) is 15.1 Å². The first-order valence-electron chi connectivity index (χ1n) is 3.94. The maximum atomic E-state index is 11.8. The van der Waals surface area contributed by atoms with E-state index in [1.54, 1.807) is 5.32 Å². The van der Waals surface area contributed by atoms with Gasteiger partial charge in [0.1, 0.15) is 12.4 Å². The molecule has 0 aliphatic heterocycles. The maximum absolute atomic E-state index is 11.8. The SMILES string of the molecule is Cn1nc(C(=O)NCC(F)(F)F)cc1N. The Hall–Kier alpha value is -1.73. The normalized spacial score (nSPS) is 11.5. The van der Waals surface area contributed by atoms with E-state index in [2.05, 4.69) is 5.10 Å². The van der Waals surface area contributed by atoms with E-state index in [0.717, 1.165) is 0 Å². The summed E-state index contributed by atoms with van der Waals surface area (Å²) in [6, 6.07) is 1.20. The van der Waals surface area contributed by atoms with Crippen molar-refractivity contribution in [3.05, 3.63) is 11.8 Å². The highest BCUT2D eigenvalue weighted by atomic mass is 19.4. The number of rotatable bonds is 2. The van der Waals surface area contributed by atoms with Gasteiger partial charge in [0.2, 0.25) is 0 Å². The summed E-state index contributed by atoms with van der Waals surface area (Å²) in [6.45, 7) is -1.39. The Morgan fingerprint density at radius 3 is 2.67 bits per heavy atom. The molecule has 0 saturated heterocycles. The van der Waals surface area contributed by atoms with E-state index in [0.29, 0.717) is 0 Å². The minimum atomic E-state index is -4.43. The van der Waals surface area contributed by atoms with Gasteiger partial charge in [-0.2, -0.15) is 18.3 Å². The van der Waals surface area contributed by atoms with Gasteiger partial charge in [-0.25, -0.2) is 0 Å². The minimum Gasteiger partial charge on any atom is -0.384 e. The van der Waals surface area contributed by atoms with Crippen LogP contribution in [-0.2, 0) is 7.05 Å². The van der Waals surface area contributed by atoms with Crippen LogP contribution >= 0.6 is 0 Å². The molecule has 1 rings (SSSR count). The molecule has 0 spiro atoms. The molecule has 0 unspecified atom stereocenters. The molecule has 0 aromatic carbocycles. The molecule has 0 radical (unpaired) electrons. The Morgan fingerprint density at radius 2 is 2.27 bits per heavy atom. The second-order valence-electron chi connectivity index (χ2n) is 2.88. The van der Waals surface area contributed by atoms with Crippen molar-refractivity contribution < 1.29 is 18.0 Å². The van der Waals surface area contributed by atoms with Crippen LogP contribution in [0.25, 0.3) is 0 Å². The fraction of sp³-hybridized carbons (Fsp3) is 0.429. The molecule has 1 aromatic heterocycles. The van der Waals surface area contributed by atoms with Gasteiger partial charge in [0.15, 0.2) is 5.69 Å². The van der Waals surface area contributed by atoms with Crippen LogP contribution in [0.1, 0.15) is 10.5 Å². The molecule has 0 atom stereocenters. The molecule has 0 bridgehead atoms. The minimum absolute atomic E-state index is 0.140. The quantitative estimate of drug-likeness (QED) is 0.755. The fourth-order valence-corrected chi connectivity index (χ4v) is 0.864. The molecule has 3 N–H and O–H groups in total. The van der Waals surface area contributed by atoms with Crippen LogP contribution in [0.5, 0.6) is 0 Å². The zero-order valence-electron chi connectivity index (χ0n) is 7.80. The second kappa shape index (κ2) is 3.79. The first-order chi connectivity index (χ1) is 6.79. The monoisotopic (exact) mass is 222 g/mol. The molecule has 8 heteroatoms. The van der Waals surface area contributed by atoms with E-state index in [-0.39, 0.29) is 11.5 Å². The third-order valence-electron chi connectivity index (χ3n) is 1.60. The Kier molecular flexibility index (Phi) is 2.87. The lowest BCUT2D eigenvalue weighted by atomic mass is 10.4. The molecule has 0 saturated carbocycles. The van der Waals surface area contributed by atoms with Crippen LogP contribution in [0.4, 0.5) is 19.0 Å². The molecule has 84 valence electrons. The average Bonchev–Trinajstić information content (AvgIpc) is 2.42. The number of hydrogen-bond donors (Lipinski definition) is 2. The van der Waals surface area contributed by atoms with E-state index >= 15 is 0 Å². The van der Waals surface area contributed by atoms with Gasteiger partial charge in [-0.05, 0) is 0 Å². The van der Waals surface area contributed by atoms with E-state index in [9.17, 15) is 18.0 Å². The molecule has 0 aliphatic rings. The Labute approximate surface area is 83.0 Å². The van der Waals surface area contributed by atoms with E-state index < -0.39 is 18.6 Å². The molecule has 5 nitrogen and oxygen atoms in total. The van der Waals surface area contributed by atoms with Crippen molar-refractivity contribution in [2.45, 2.75) is 6.18 Å². The van der Waals surface area contributed by atoms with Gasteiger partial charge in [-0.1, -0.05) is 0 Å². The molecular weight excluding hydrogens is 213 g/mol. The number of alkyl halides is 3. The Bertz CT molecular complexity index is 351. The topological polar surface area (TPSA) is 72.9 Å². The number of carbonyl (C=O) groups is 1. The van der Waals surface area contributed by atoms with Crippen molar-refractivity contribution >= 4 is 11.7 Å². The number of carbonyl (C=O) groups excluding carboxylic acids is 1. The number of halogens is 3. The number of nitrogen functional groups attached to an aromatic ring is 1. The molecule has 0 aliphatic carbocycles. The highest BCUT2D eigenvalue weighted by molar-refractivity contribution is 5.92. The van der Waals surface area contributed by atoms with Gasteiger partial charge in [0, 0.05) is 13.1 Å². The number of hydrogen-bond acceptors (Lipinski definition) is 3. The second-order valence-corrected chi connectivity index (χ2v) is 2.88. The third-order valence-corrected chi connectivity index (χ3v) is 1.60. The highest BCUT2D eigenvalue weighted by Gasteiger charge is 2.28. The van der Waals surface area contributed by atoms with Crippen LogP contribution in [-0.4, -0.2) is 28.4 Å². The first-order valence-corrected chi connectivity index (χ1v) is 3.94.